The summed E-state index contributed by atoms with van der Waals surface area (Å²) in [6.07, 6.45) is 4.70. The fraction of sp³-hybridized carbons (Fsp3) is 0.300. The number of rotatable bonds is 5. The first-order chi connectivity index (χ1) is 14.5. The molecule has 0 bridgehead atoms. The summed E-state index contributed by atoms with van der Waals surface area (Å²) >= 11 is 1.28. The number of hydrogen-bond donors (Lipinski definition) is 3. The van der Waals surface area contributed by atoms with Crippen LogP contribution in [0.2, 0.25) is 0 Å². The molecule has 30 heavy (non-hydrogen) atoms. The predicted octanol–water partition coefficient (Wildman–Crippen LogP) is 2.22. The highest BCUT2D eigenvalue weighted by Gasteiger charge is 2.28. The lowest BCUT2D eigenvalue weighted by Crippen LogP contribution is -2.32. The Balaban J connectivity index is 1.70. The first-order valence-corrected chi connectivity index (χ1v) is 10.0. The van der Waals surface area contributed by atoms with Gasteiger partial charge in [-0.1, -0.05) is 6.07 Å². The molecule has 0 aliphatic heterocycles. The van der Waals surface area contributed by atoms with Crippen molar-refractivity contribution in [2.45, 2.75) is 25.7 Å². The van der Waals surface area contributed by atoms with E-state index in [1.54, 1.807) is 18.2 Å². The standard InChI is InChI=1S/C20H21N3O6S/c1-28-13-8-5-6-11(16(13)24)10-21-23-18(26)17(25)22-19-15(20(27)29-2)12-7-3-4-9-14(12)30-19/h5-6,8,10,24H,3-4,7,9H2,1-2H3,(H,22,25)(H,23,26)/b21-10-. The maximum Gasteiger partial charge on any atom is 0.341 e. The van der Waals surface area contributed by atoms with Crippen LogP contribution < -0.4 is 15.5 Å². The molecule has 2 amide bonds. The third kappa shape index (κ3) is 4.43. The number of aryl methyl sites for hydroxylation is 1. The second kappa shape index (κ2) is 9.40. The molecule has 0 saturated carbocycles. The second-order valence-electron chi connectivity index (χ2n) is 6.46. The van der Waals surface area contributed by atoms with Crippen molar-refractivity contribution in [2.75, 3.05) is 19.5 Å². The van der Waals surface area contributed by atoms with Gasteiger partial charge in [-0.3, -0.25) is 9.59 Å². The number of benzene rings is 1. The van der Waals surface area contributed by atoms with Crippen molar-refractivity contribution in [3.05, 3.63) is 39.8 Å². The zero-order valence-corrected chi connectivity index (χ0v) is 17.3. The van der Waals surface area contributed by atoms with Crippen molar-refractivity contribution in [1.82, 2.24) is 5.43 Å². The number of carbonyl (C=O) groups is 3. The van der Waals surface area contributed by atoms with E-state index in [0.717, 1.165) is 36.1 Å². The van der Waals surface area contributed by atoms with Crippen molar-refractivity contribution in [3.8, 4) is 11.5 Å². The first kappa shape index (κ1) is 21.3. The van der Waals surface area contributed by atoms with Crippen LogP contribution in [0.1, 0.15) is 39.2 Å². The Morgan fingerprint density at radius 1 is 1.17 bits per heavy atom. The van der Waals surface area contributed by atoms with Crippen molar-refractivity contribution in [1.29, 1.82) is 0 Å². The number of hydrogen-bond acceptors (Lipinski definition) is 8. The van der Waals surface area contributed by atoms with E-state index in [1.165, 1.54) is 31.8 Å². The molecule has 0 saturated heterocycles. The molecule has 1 heterocycles. The van der Waals surface area contributed by atoms with E-state index >= 15 is 0 Å². The van der Waals surface area contributed by atoms with E-state index < -0.39 is 17.8 Å². The number of phenols is 1. The maximum absolute atomic E-state index is 12.3. The van der Waals surface area contributed by atoms with Crippen LogP contribution in [-0.4, -0.2) is 43.3 Å². The largest absolute Gasteiger partial charge is 0.504 e. The van der Waals surface area contributed by atoms with E-state index in [9.17, 15) is 19.5 Å². The molecule has 0 spiro atoms. The quantitative estimate of drug-likeness (QED) is 0.288. The Morgan fingerprint density at radius 2 is 1.93 bits per heavy atom. The number of methoxy groups -OCH3 is 2. The van der Waals surface area contributed by atoms with Gasteiger partial charge in [-0.05, 0) is 43.4 Å². The van der Waals surface area contributed by atoms with Crippen molar-refractivity contribution in [2.24, 2.45) is 5.10 Å². The number of amides is 2. The lowest BCUT2D eigenvalue weighted by atomic mass is 9.95. The number of para-hydroxylation sites is 1. The third-order valence-corrected chi connectivity index (χ3v) is 5.82. The molecule has 0 unspecified atom stereocenters. The molecule has 9 nitrogen and oxygen atoms in total. The van der Waals surface area contributed by atoms with Crippen LogP contribution in [0.25, 0.3) is 0 Å². The van der Waals surface area contributed by atoms with Gasteiger partial charge in [0.1, 0.15) is 5.00 Å². The highest BCUT2D eigenvalue weighted by atomic mass is 32.1. The zero-order chi connectivity index (χ0) is 21.7. The first-order valence-electron chi connectivity index (χ1n) is 9.19. The monoisotopic (exact) mass is 431 g/mol. The summed E-state index contributed by atoms with van der Waals surface area (Å²) in [6.45, 7) is 0. The van der Waals surface area contributed by atoms with Crippen molar-refractivity contribution < 1.29 is 29.0 Å². The summed E-state index contributed by atoms with van der Waals surface area (Å²) in [5.74, 6) is -2.42. The Kier molecular flexibility index (Phi) is 6.68. The number of carbonyl (C=O) groups excluding carboxylic acids is 3. The van der Waals surface area contributed by atoms with Crippen molar-refractivity contribution in [3.63, 3.8) is 0 Å². The highest BCUT2D eigenvalue weighted by Crippen LogP contribution is 2.38. The van der Waals surface area contributed by atoms with Crippen molar-refractivity contribution >= 4 is 40.3 Å². The van der Waals surface area contributed by atoms with Gasteiger partial charge in [-0.2, -0.15) is 5.10 Å². The van der Waals surface area contributed by atoms with E-state index in [1.807, 2.05) is 0 Å². The Hall–Kier alpha value is -3.40. The number of ether oxygens (including phenoxy) is 2. The molecule has 1 aromatic heterocycles. The van der Waals surface area contributed by atoms with Gasteiger partial charge >= 0.3 is 17.8 Å². The minimum Gasteiger partial charge on any atom is -0.504 e. The average molecular weight is 431 g/mol. The number of fused-ring (bicyclic) bond motifs is 1. The summed E-state index contributed by atoms with van der Waals surface area (Å²) in [5.41, 5.74) is 3.58. The number of thiophene rings is 1. The van der Waals surface area contributed by atoms with Crippen LogP contribution in [0.15, 0.2) is 23.3 Å². The van der Waals surface area contributed by atoms with Gasteiger partial charge in [0, 0.05) is 10.4 Å². The second-order valence-corrected chi connectivity index (χ2v) is 7.56. The third-order valence-electron chi connectivity index (χ3n) is 4.61. The Morgan fingerprint density at radius 3 is 2.67 bits per heavy atom. The van der Waals surface area contributed by atoms with E-state index in [0.29, 0.717) is 16.1 Å². The molecule has 2 aromatic rings. The van der Waals surface area contributed by atoms with Gasteiger partial charge in [0.05, 0.1) is 26.0 Å². The molecule has 1 aliphatic rings. The minimum absolute atomic E-state index is 0.144. The van der Waals surface area contributed by atoms with Crippen LogP contribution in [-0.2, 0) is 27.2 Å². The Bertz CT molecular complexity index is 1010. The number of hydrazone groups is 1. The van der Waals surface area contributed by atoms with Crippen LogP contribution in [0, 0.1) is 0 Å². The van der Waals surface area contributed by atoms with E-state index in [-0.39, 0.29) is 11.5 Å². The van der Waals surface area contributed by atoms with Gasteiger partial charge in [0.25, 0.3) is 0 Å². The number of nitrogens with zero attached hydrogens (tertiary/aromatic N) is 1. The smallest absolute Gasteiger partial charge is 0.341 e. The fourth-order valence-electron chi connectivity index (χ4n) is 3.15. The molecule has 3 N–H and O–H groups in total. The van der Waals surface area contributed by atoms with Crippen LogP contribution in [0.5, 0.6) is 11.5 Å². The van der Waals surface area contributed by atoms with Gasteiger partial charge in [0.2, 0.25) is 0 Å². The molecule has 158 valence electrons. The van der Waals surface area contributed by atoms with Crippen LogP contribution >= 0.6 is 11.3 Å². The summed E-state index contributed by atoms with van der Waals surface area (Å²) in [5, 5.41) is 16.5. The molecular formula is C20H21N3O6S. The van der Waals surface area contributed by atoms with Gasteiger partial charge in [-0.15, -0.1) is 11.3 Å². The normalized spacial score (nSPS) is 12.9. The highest BCUT2D eigenvalue weighted by molar-refractivity contribution is 7.17. The summed E-state index contributed by atoms with van der Waals surface area (Å²) < 4.78 is 9.84. The number of nitrogens with one attached hydrogen (secondary N) is 2. The molecular weight excluding hydrogens is 410 g/mol. The maximum atomic E-state index is 12.3. The molecule has 1 aliphatic carbocycles. The average Bonchev–Trinajstić information content (AvgIpc) is 3.12. The Labute approximate surface area is 176 Å². The molecule has 0 radical (unpaired) electrons. The molecule has 0 fully saturated rings. The summed E-state index contributed by atoms with van der Waals surface area (Å²) in [7, 11) is 2.68. The number of phenolic OH excluding ortho intramolecular Hbond substituents is 1. The number of esters is 1. The molecule has 1 aromatic carbocycles. The van der Waals surface area contributed by atoms with E-state index in [2.05, 4.69) is 15.8 Å². The molecule has 3 rings (SSSR count). The lowest BCUT2D eigenvalue weighted by Gasteiger charge is -2.11. The van der Waals surface area contributed by atoms with Gasteiger partial charge in [-0.25, -0.2) is 10.2 Å². The van der Waals surface area contributed by atoms with Crippen LogP contribution in [0.4, 0.5) is 5.00 Å². The molecule has 0 atom stereocenters. The topological polar surface area (TPSA) is 126 Å². The fourth-order valence-corrected chi connectivity index (χ4v) is 4.42. The summed E-state index contributed by atoms with van der Waals surface area (Å²) in [6, 6.07) is 4.77. The van der Waals surface area contributed by atoms with E-state index in [4.69, 9.17) is 9.47 Å². The minimum atomic E-state index is -1.02. The van der Waals surface area contributed by atoms with Gasteiger partial charge < -0.3 is 19.9 Å². The number of anilines is 1. The predicted molar refractivity (Wildman–Crippen MR) is 111 cm³/mol. The van der Waals surface area contributed by atoms with Crippen LogP contribution in [0.3, 0.4) is 0 Å². The molecule has 10 heteroatoms. The lowest BCUT2D eigenvalue weighted by molar-refractivity contribution is -0.136. The zero-order valence-electron chi connectivity index (χ0n) is 16.5. The number of aromatic hydroxyl groups is 1. The summed E-state index contributed by atoms with van der Waals surface area (Å²) in [4.78, 5) is 37.6. The van der Waals surface area contributed by atoms with Gasteiger partial charge in [0.15, 0.2) is 11.5 Å². The SMILES string of the molecule is COC(=O)c1c(NC(=O)C(=O)N/N=C\c2cccc(OC)c2O)sc2c1CCCC2.